The highest BCUT2D eigenvalue weighted by molar-refractivity contribution is 9.10. The van der Waals surface area contributed by atoms with E-state index in [1.54, 1.807) is 11.3 Å². The van der Waals surface area contributed by atoms with Crippen LogP contribution in [0.25, 0.3) is 10.2 Å². The lowest BCUT2D eigenvalue weighted by atomic mass is 10.2. The molecule has 0 saturated heterocycles. The molecule has 2 aromatic heterocycles. The minimum atomic E-state index is 0.430. The molecule has 0 amide bonds. The quantitative estimate of drug-likeness (QED) is 0.549. The maximum absolute atomic E-state index is 5.46. The summed E-state index contributed by atoms with van der Waals surface area (Å²) in [5, 5.41) is 3.05. The van der Waals surface area contributed by atoms with E-state index in [4.69, 9.17) is 5.84 Å². The maximum atomic E-state index is 5.46. The van der Waals surface area contributed by atoms with Crippen LogP contribution in [0.4, 0.5) is 11.8 Å². The number of halogens is 1. The summed E-state index contributed by atoms with van der Waals surface area (Å²) in [5.74, 6) is 6.75. The zero-order valence-corrected chi connectivity index (χ0v) is 13.8. The molecule has 0 aliphatic rings. The van der Waals surface area contributed by atoms with Gasteiger partial charge in [-0.15, -0.1) is 11.3 Å². The minimum absolute atomic E-state index is 0.430. The third-order valence-electron chi connectivity index (χ3n) is 3.16. The number of nitrogens with one attached hydrogen (secondary N) is 1. The van der Waals surface area contributed by atoms with Crippen LogP contribution in [0.2, 0.25) is 0 Å². The molecule has 0 aliphatic heterocycles. The molecule has 3 rings (SSSR count). The number of anilines is 2. The van der Waals surface area contributed by atoms with Crippen molar-refractivity contribution < 1.29 is 0 Å². The topological polar surface area (TPSA) is 67.1 Å². The van der Waals surface area contributed by atoms with Gasteiger partial charge in [0.25, 0.3) is 0 Å². The van der Waals surface area contributed by atoms with E-state index < -0.39 is 0 Å². The summed E-state index contributed by atoms with van der Waals surface area (Å²) >= 11 is 5.15. The van der Waals surface area contributed by atoms with Crippen molar-refractivity contribution in [3.63, 3.8) is 0 Å². The molecule has 0 fully saturated rings. The van der Waals surface area contributed by atoms with Gasteiger partial charge in [0, 0.05) is 18.1 Å². The molecular formula is C14H14BrN5S. The van der Waals surface area contributed by atoms with Crippen molar-refractivity contribution in [3.05, 3.63) is 45.7 Å². The molecule has 2 heterocycles. The molecule has 0 saturated carbocycles. The summed E-state index contributed by atoms with van der Waals surface area (Å²) < 4.78 is 1.09. The molecular weight excluding hydrogens is 350 g/mol. The standard InChI is InChI=1S/C14H14BrN5S/c1-20(8-9-4-2-3-5-11(9)15)12-10-6-7-21-13(10)18-14(17-12)19-16/h2-7H,8,16H2,1H3,(H,17,18,19). The second-order valence-electron chi connectivity index (χ2n) is 4.60. The van der Waals surface area contributed by atoms with Gasteiger partial charge < -0.3 is 4.90 Å². The largest absolute Gasteiger partial charge is 0.355 e. The molecule has 0 unspecified atom stereocenters. The van der Waals surface area contributed by atoms with Crippen LogP contribution in [0.15, 0.2) is 40.2 Å². The van der Waals surface area contributed by atoms with Crippen LogP contribution in [0.5, 0.6) is 0 Å². The van der Waals surface area contributed by atoms with E-state index in [0.29, 0.717) is 5.95 Å². The molecule has 5 nitrogen and oxygen atoms in total. The van der Waals surface area contributed by atoms with Crippen LogP contribution < -0.4 is 16.2 Å². The third-order valence-corrected chi connectivity index (χ3v) is 4.74. The average molecular weight is 364 g/mol. The molecule has 0 spiro atoms. The third kappa shape index (κ3) is 2.85. The van der Waals surface area contributed by atoms with Crippen LogP contribution in [-0.4, -0.2) is 17.0 Å². The van der Waals surface area contributed by atoms with Crippen molar-refractivity contribution in [3.8, 4) is 0 Å². The predicted molar refractivity (Wildman–Crippen MR) is 91.5 cm³/mol. The van der Waals surface area contributed by atoms with Gasteiger partial charge in [-0.3, -0.25) is 5.43 Å². The fourth-order valence-electron chi connectivity index (χ4n) is 2.15. The van der Waals surface area contributed by atoms with Crippen LogP contribution >= 0.6 is 27.3 Å². The van der Waals surface area contributed by atoms with Crippen LogP contribution in [0.3, 0.4) is 0 Å². The zero-order valence-electron chi connectivity index (χ0n) is 11.4. The van der Waals surface area contributed by atoms with E-state index >= 15 is 0 Å². The maximum Gasteiger partial charge on any atom is 0.240 e. The summed E-state index contributed by atoms with van der Waals surface area (Å²) in [4.78, 5) is 11.9. The molecule has 7 heteroatoms. The fourth-order valence-corrected chi connectivity index (χ4v) is 3.32. The molecule has 0 bridgehead atoms. The van der Waals surface area contributed by atoms with Crippen molar-refractivity contribution in [2.24, 2.45) is 5.84 Å². The first-order chi connectivity index (χ1) is 10.2. The van der Waals surface area contributed by atoms with Gasteiger partial charge in [0.1, 0.15) is 10.6 Å². The minimum Gasteiger partial charge on any atom is -0.355 e. The molecule has 3 aromatic rings. The Labute approximate surface area is 134 Å². The molecule has 108 valence electrons. The second-order valence-corrected chi connectivity index (χ2v) is 6.35. The van der Waals surface area contributed by atoms with Crippen LogP contribution in [0, 0.1) is 0 Å². The van der Waals surface area contributed by atoms with Gasteiger partial charge in [-0.1, -0.05) is 34.1 Å². The summed E-state index contributed by atoms with van der Waals surface area (Å²) in [5.41, 5.74) is 3.73. The van der Waals surface area contributed by atoms with Gasteiger partial charge in [-0.2, -0.15) is 4.98 Å². The Morgan fingerprint density at radius 3 is 2.86 bits per heavy atom. The summed E-state index contributed by atoms with van der Waals surface area (Å²) in [6, 6.07) is 10.2. The normalized spacial score (nSPS) is 10.8. The molecule has 0 radical (unpaired) electrons. The number of fused-ring (bicyclic) bond motifs is 1. The van der Waals surface area contributed by atoms with E-state index in [-0.39, 0.29) is 0 Å². The average Bonchev–Trinajstić information content (AvgIpc) is 2.96. The fraction of sp³-hybridized carbons (Fsp3) is 0.143. The van der Waals surface area contributed by atoms with Gasteiger partial charge in [-0.25, -0.2) is 10.8 Å². The monoisotopic (exact) mass is 363 g/mol. The van der Waals surface area contributed by atoms with Crippen molar-refractivity contribution in [2.75, 3.05) is 17.4 Å². The van der Waals surface area contributed by atoms with E-state index in [1.807, 2.05) is 36.7 Å². The van der Waals surface area contributed by atoms with Gasteiger partial charge >= 0.3 is 0 Å². The van der Waals surface area contributed by atoms with Crippen molar-refractivity contribution in [1.82, 2.24) is 9.97 Å². The first kappa shape index (κ1) is 14.2. The lowest BCUT2D eigenvalue weighted by Gasteiger charge is -2.20. The number of nitrogen functional groups attached to an aromatic ring is 1. The van der Waals surface area contributed by atoms with Gasteiger partial charge in [-0.05, 0) is 23.1 Å². The predicted octanol–water partition coefficient (Wildman–Crippen LogP) is 3.38. The highest BCUT2D eigenvalue weighted by Gasteiger charge is 2.13. The number of thiophene rings is 1. The Morgan fingerprint density at radius 1 is 1.29 bits per heavy atom. The van der Waals surface area contributed by atoms with E-state index in [0.717, 1.165) is 27.1 Å². The SMILES string of the molecule is CN(Cc1ccccc1Br)c1nc(NN)nc2sccc12. The number of benzene rings is 1. The number of hydrazine groups is 1. The van der Waals surface area contributed by atoms with Gasteiger partial charge in [0.2, 0.25) is 5.95 Å². The Kier molecular flexibility index (Phi) is 4.05. The second kappa shape index (κ2) is 5.97. The lowest BCUT2D eigenvalue weighted by Crippen LogP contribution is -2.20. The Morgan fingerprint density at radius 2 is 2.10 bits per heavy atom. The van der Waals surface area contributed by atoms with E-state index in [1.165, 1.54) is 5.56 Å². The molecule has 21 heavy (non-hydrogen) atoms. The first-order valence-corrected chi connectivity index (χ1v) is 8.02. The number of nitrogens with two attached hydrogens (primary N) is 1. The van der Waals surface area contributed by atoms with Crippen LogP contribution in [0.1, 0.15) is 5.56 Å². The Hall–Kier alpha value is -1.70. The molecule has 3 N–H and O–H groups in total. The first-order valence-electron chi connectivity index (χ1n) is 6.35. The Balaban J connectivity index is 1.99. The van der Waals surface area contributed by atoms with Crippen molar-refractivity contribution in [1.29, 1.82) is 0 Å². The smallest absolute Gasteiger partial charge is 0.240 e. The van der Waals surface area contributed by atoms with Gasteiger partial charge in [0.15, 0.2) is 0 Å². The van der Waals surface area contributed by atoms with Crippen molar-refractivity contribution >= 4 is 49.2 Å². The number of hydrogen-bond acceptors (Lipinski definition) is 6. The van der Waals surface area contributed by atoms with Crippen molar-refractivity contribution in [2.45, 2.75) is 6.54 Å². The Bertz CT molecular complexity index is 773. The number of aromatic nitrogens is 2. The summed E-state index contributed by atoms with van der Waals surface area (Å²) in [7, 11) is 2.01. The van der Waals surface area contributed by atoms with Crippen LogP contribution in [-0.2, 0) is 6.54 Å². The zero-order chi connectivity index (χ0) is 14.8. The highest BCUT2D eigenvalue weighted by atomic mass is 79.9. The number of nitrogens with zero attached hydrogens (tertiary/aromatic N) is 3. The number of hydrogen-bond donors (Lipinski definition) is 2. The lowest BCUT2D eigenvalue weighted by molar-refractivity contribution is 0.897. The van der Waals surface area contributed by atoms with E-state index in [2.05, 4.69) is 42.3 Å². The van der Waals surface area contributed by atoms with E-state index in [9.17, 15) is 0 Å². The molecule has 0 atom stereocenters. The highest BCUT2D eigenvalue weighted by Crippen LogP contribution is 2.29. The number of rotatable bonds is 4. The van der Waals surface area contributed by atoms with Gasteiger partial charge in [0.05, 0.1) is 5.39 Å². The summed E-state index contributed by atoms with van der Waals surface area (Å²) in [6.45, 7) is 0.743. The molecule has 0 aliphatic carbocycles. The summed E-state index contributed by atoms with van der Waals surface area (Å²) in [6.07, 6.45) is 0. The molecule has 1 aromatic carbocycles.